The monoisotopic (exact) mass is 201 g/mol. The van der Waals surface area contributed by atoms with E-state index < -0.39 is 0 Å². The standard InChI is InChI=1S/C9H16ClN3/c1-7(10)5-12-9(11)13-6-8-3-2-4-8/h8H,1-6H2,(H3,11,12,13). The van der Waals surface area contributed by atoms with Crippen LogP contribution in [0.1, 0.15) is 19.3 Å². The van der Waals surface area contributed by atoms with E-state index in [-0.39, 0.29) is 0 Å². The Bertz CT molecular complexity index is 209. The molecule has 0 radical (unpaired) electrons. The Hall–Kier alpha value is -0.700. The third-order valence-electron chi connectivity index (χ3n) is 2.22. The molecular weight excluding hydrogens is 186 g/mol. The zero-order valence-corrected chi connectivity index (χ0v) is 8.48. The van der Waals surface area contributed by atoms with Gasteiger partial charge in [0, 0.05) is 11.6 Å². The highest BCUT2D eigenvalue weighted by atomic mass is 35.5. The van der Waals surface area contributed by atoms with Crippen molar-refractivity contribution in [2.24, 2.45) is 16.6 Å². The summed E-state index contributed by atoms with van der Waals surface area (Å²) in [5, 5.41) is 3.58. The summed E-state index contributed by atoms with van der Waals surface area (Å²) >= 11 is 5.54. The van der Waals surface area contributed by atoms with Crippen LogP contribution in [0.5, 0.6) is 0 Å². The zero-order chi connectivity index (χ0) is 9.68. The molecule has 1 aliphatic rings. The predicted molar refractivity (Wildman–Crippen MR) is 56.8 cm³/mol. The first-order chi connectivity index (χ1) is 6.18. The number of hydrogen-bond donors (Lipinski definition) is 2. The molecular formula is C9H16ClN3. The molecule has 3 N–H and O–H groups in total. The summed E-state index contributed by atoms with van der Waals surface area (Å²) in [5.41, 5.74) is 5.59. The van der Waals surface area contributed by atoms with E-state index in [2.05, 4.69) is 16.9 Å². The zero-order valence-electron chi connectivity index (χ0n) is 7.72. The molecule has 0 aromatic rings. The van der Waals surface area contributed by atoms with Gasteiger partial charge in [-0.2, -0.15) is 0 Å². The van der Waals surface area contributed by atoms with Crippen molar-refractivity contribution in [3.05, 3.63) is 11.6 Å². The van der Waals surface area contributed by atoms with Gasteiger partial charge in [-0.3, -0.25) is 0 Å². The molecule has 0 aromatic carbocycles. The van der Waals surface area contributed by atoms with E-state index in [1.54, 1.807) is 0 Å². The first-order valence-corrected chi connectivity index (χ1v) is 4.93. The van der Waals surface area contributed by atoms with Gasteiger partial charge in [0.2, 0.25) is 0 Å². The van der Waals surface area contributed by atoms with Crippen molar-refractivity contribution in [3.63, 3.8) is 0 Å². The molecule has 13 heavy (non-hydrogen) atoms. The van der Waals surface area contributed by atoms with Crippen LogP contribution in [-0.2, 0) is 0 Å². The van der Waals surface area contributed by atoms with E-state index in [0.717, 1.165) is 12.5 Å². The van der Waals surface area contributed by atoms with E-state index in [0.29, 0.717) is 17.5 Å². The average molecular weight is 202 g/mol. The van der Waals surface area contributed by atoms with Gasteiger partial charge < -0.3 is 11.1 Å². The van der Waals surface area contributed by atoms with E-state index >= 15 is 0 Å². The number of halogens is 1. The van der Waals surface area contributed by atoms with E-state index in [1.165, 1.54) is 19.3 Å². The van der Waals surface area contributed by atoms with Gasteiger partial charge in [0.05, 0.1) is 6.54 Å². The number of guanidine groups is 1. The molecule has 0 aromatic heterocycles. The van der Waals surface area contributed by atoms with Crippen molar-refractivity contribution in [2.75, 3.05) is 13.1 Å². The van der Waals surface area contributed by atoms with E-state index in [9.17, 15) is 0 Å². The first-order valence-electron chi connectivity index (χ1n) is 4.55. The van der Waals surface area contributed by atoms with Gasteiger partial charge in [-0.05, 0) is 18.8 Å². The summed E-state index contributed by atoms with van der Waals surface area (Å²) in [6, 6.07) is 0. The maximum atomic E-state index is 5.59. The maximum Gasteiger partial charge on any atom is 0.188 e. The highest BCUT2D eigenvalue weighted by Crippen LogP contribution is 2.24. The Kier molecular flexibility index (Phi) is 4.09. The fourth-order valence-corrected chi connectivity index (χ4v) is 1.23. The second-order valence-corrected chi connectivity index (χ2v) is 3.93. The van der Waals surface area contributed by atoms with Crippen LogP contribution in [0.2, 0.25) is 0 Å². The highest BCUT2D eigenvalue weighted by Gasteiger charge is 2.16. The third-order valence-corrected chi connectivity index (χ3v) is 2.34. The molecule has 3 nitrogen and oxygen atoms in total. The van der Waals surface area contributed by atoms with Crippen molar-refractivity contribution in [2.45, 2.75) is 19.3 Å². The van der Waals surface area contributed by atoms with Gasteiger partial charge in [0.25, 0.3) is 0 Å². The molecule has 1 aliphatic carbocycles. The molecule has 0 unspecified atom stereocenters. The van der Waals surface area contributed by atoms with Crippen LogP contribution < -0.4 is 11.1 Å². The van der Waals surface area contributed by atoms with Crippen LogP contribution in [0.4, 0.5) is 0 Å². The average Bonchev–Trinajstić information content (AvgIpc) is 1.98. The molecule has 4 heteroatoms. The Labute approximate surface area is 84.1 Å². The molecule has 0 amide bonds. The van der Waals surface area contributed by atoms with Crippen molar-refractivity contribution in [3.8, 4) is 0 Å². The van der Waals surface area contributed by atoms with Crippen LogP contribution in [0, 0.1) is 5.92 Å². The molecule has 0 heterocycles. The number of nitrogens with two attached hydrogens (primary N) is 1. The number of nitrogens with zero attached hydrogens (tertiary/aromatic N) is 1. The first kappa shape index (κ1) is 10.4. The number of hydrogen-bond acceptors (Lipinski definition) is 1. The Morgan fingerprint density at radius 1 is 1.62 bits per heavy atom. The molecule has 0 aliphatic heterocycles. The number of nitrogens with one attached hydrogen (secondary N) is 1. The minimum Gasteiger partial charge on any atom is -0.370 e. The second kappa shape index (κ2) is 5.12. The van der Waals surface area contributed by atoms with Crippen LogP contribution >= 0.6 is 11.6 Å². The van der Waals surface area contributed by atoms with Gasteiger partial charge >= 0.3 is 0 Å². The normalized spacial score (nSPS) is 18.1. The lowest BCUT2D eigenvalue weighted by atomic mass is 9.85. The van der Waals surface area contributed by atoms with Crippen molar-refractivity contribution in [1.82, 2.24) is 5.32 Å². The van der Waals surface area contributed by atoms with Gasteiger partial charge in [-0.1, -0.05) is 24.6 Å². The molecule has 1 fully saturated rings. The third kappa shape index (κ3) is 4.18. The van der Waals surface area contributed by atoms with Crippen LogP contribution in [0.25, 0.3) is 0 Å². The van der Waals surface area contributed by atoms with Crippen LogP contribution in [0.15, 0.2) is 16.6 Å². The van der Waals surface area contributed by atoms with E-state index in [4.69, 9.17) is 17.3 Å². The summed E-state index contributed by atoms with van der Waals surface area (Å²) in [6.45, 7) is 4.85. The summed E-state index contributed by atoms with van der Waals surface area (Å²) in [4.78, 5) is 4.01. The van der Waals surface area contributed by atoms with Crippen LogP contribution in [0.3, 0.4) is 0 Å². The van der Waals surface area contributed by atoms with E-state index in [1.807, 2.05) is 0 Å². The highest BCUT2D eigenvalue weighted by molar-refractivity contribution is 6.29. The molecule has 0 bridgehead atoms. The lowest BCUT2D eigenvalue weighted by molar-refractivity contribution is 0.315. The van der Waals surface area contributed by atoms with Crippen molar-refractivity contribution >= 4 is 17.6 Å². The minimum absolute atomic E-state index is 0.394. The van der Waals surface area contributed by atoms with Gasteiger partial charge in [-0.15, -0.1) is 0 Å². The fraction of sp³-hybridized carbons (Fsp3) is 0.667. The van der Waals surface area contributed by atoms with Crippen molar-refractivity contribution < 1.29 is 0 Å². The lowest BCUT2D eigenvalue weighted by Gasteiger charge is -2.25. The van der Waals surface area contributed by atoms with Crippen LogP contribution in [-0.4, -0.2) is 19.0 Å². The molecule has 74 valence electrons. The minimum atomic E-state index is 0.394. The molecule has 0 spiro atoms. The molecule has 0 atom stereocenters. The number of aliphatic imine (C=N–C) groups is 1. The second-order valence-electron chi connectivity index (χ2n) is 3.40. The number of rotatable bonds is 4. The summed E-state index contributed by atoms with van der Waals surface area (Å²) < 4.78 is 0. The Morgan fingerprint density at radius 3 is 2.77 bits per heavy atom. The van der Waals surface area contributed by atoms with Gasteiger partial charge in [-0.25, -0.2) is 4.99 Å². The fourth-order valence-electron chi connectivity index (χ4n) is 1.17. The van der Waals surface area contributed by atoms with Gasteiger partial charge in [0.1, 0.15) is 0 Å². The van der Waals surface area contributed by atoms with Crippen molar-refractivity contribution in [1.29, 1.82) is 0 Å². The maximum absolute atomic E-state index is 5.59. The molecule has 1 saturated carbocycles. The topological polar surface area (TPSA) is 50.4 Å². The summed E-state index contributed by atoms with van der Waals surface area (Å²) in [5.74, 6) is 1.25. The van der Waals surface area contributed by atoms with Gasteiger partial charge in [0.15, 0.2) is 5.96 Å². The largest absolute Gasteiger partial charge is 0.370 e. The summed E-state index contributed by atoms with van der Waals surface area (Å²) in [7, 11) is 0. The smallest absolute Gasteiger partial charge is 0.188 e. The molecule has 0 saturated heterocycles. The summed E-state index contributed by atoms with van der Waals surface area (Å²) in [6.07, 6.45) is 3.97. The predicted octanol–water partition coefficient (Wildman–Crippen LogP) is 1.44. The Morgan fingerprint density at radius 2 is 2.31 bits per heavy atom. The quantitative estimate of drug-likeness (QED) is 0.534. The molecule has 1 rings (SSSR count). The lowest BCUT2D eigenvalue weighted by Crippen LogP contribution is -2.37. The Balaban J connectivity index is 2.11. The SMILES string of the molecule is C=C(Cl)CN=C(N)NCC1CCC1.